The van der Waals surface area contributed by atoms with Crippen LogP contribution in [0, 0.1) is 5.92 Å². The molecule has 0 radical (unpaired) electrons. The van der Waals surface area contributed by atoms with Gasteiger partial charge in [0.1, 0.15) is 0 Å². The maximum atomic E-state index is 9.05. The lowest BCUT2D eigenvalue weighted by molar-refractivity contribution is 0.199. The molecular weight excluding hydrogens is 150 g/mol. The molecule has 0 aliphatic heterocycles. The minimum absolute atomic E-state index is 0.242. The van der Waals surface area contributed by atoms with Crippen LogP contribution in [0.2, 0.25) is 0 Å². The molecule has 0 saturated heterocycles. The van der Waals surface area contributed by atoms with E-state index in [4.69, 9.17) is 5.11 Å². The van der Waals surface area contributed by atoms with E-state index < -0.39 is 0 Å². The Morgan fingerprint density at radius 1 is 1.25 bits per heavy atom. The fourth-order valence-electron chi connectivity index (χ4n) is 1.34. The smallest absolute Gasteiger partial charge is 0.0587 e. The molecule has 0 spiro atoms. The van der Waals surface area contributed by atoms with Crippen LogP contribution in [0.5, 0.6) is 0 Å². The minimum Gasteiger partial charge on any atom is -0.395 e. The quantitative estimate of drug-likeness (QED) is 0.641. The summed E-state index contributed by atoms with van der Waals surface area (Å²) in [6.07, 6.45) is 2.38. The molecule has 0 aromatic rings. The topological polar surface area (TPSA) is 32.3 Å². The van der Waals surface area contributed by atoms with Crippen LogP contribution in [0.15, 0.2) is 0 Å². The maximum absolute atomic E-state index is 9.05. The average molecular weight is 173 g/mol. The molecule has 0 saturated carbocycles. The summed E-state index contributed by atoms with van der Waals surface area (Å²) in [7, 11) is 0. The zero-order valence-electron chi connectivity index (χ0n) is 8.80. The monoisotopic (exact) mass is 173 g/mol. The van der Waals surface area contributed by atoms with Gasteiger partial charge in [-0.2, -0.15) is 0 Å². The van der Waals surface area contributed by atoms with Crippen molar-refractivity contribution in [3.05, 3.63) is 0 Å². The Bertz CT molecular complexity index is 104. The van der Waals surface area contributed by atoms with Gasteiger partial charge in [0.25, 0.3) is 0 Å². The van der Waals surface area contributed by atoms with Crippen LogP contribution < -0.4 is 5.32 Å². The molecule has 0 rings (SSSR count). The molecule has 0 aromatic carbocycles. The number of nitrogens with one attached hydrogen (secondary N) is 1. The summed E-state index contributed by atoms with van der Waals surface area (Å²) in [6, 6.07) is 0.779. The number of aliphatic hydroxyl groups is 1. The highest BCUT2D eigenvalue weighted by molar-refractivity contribution is 4.72. The summed E-state index contributed by atoms with van der Waals surface area (Å²) in [5, 5.41) is 12.5. The molecule has 2 unspecified atom stereocenters. The van der Waals surface area contributed by atoms with Crippen molar-refractivity contribution in [1.82, 2.24) is 5.32 Å². The summed E-state index contributed by atoms with van der Waals surface area (Å²) >= 11 is 0. The second-order valence-corrected chi connectivity index (χ2v) is 3.89. The molecule has 2 N–H and O–H groups in total. The molecule has 0 fully saturated rings. The van der Waals surface area contributed by atoms with Gasteiger partial charge in [-0.15, -0.1) is 0 Å². The van der Waals surface area contributed by atoms with E-state index in [9.17, 15) is 0 Å². The summed E-state index contributed by atoms with van der Waals surface area (Å²) in [5.74, 6) is 0.509. The van der Waals surface area contributed by atoms with Gasteiger partial charge in [0.15, 0.2) is 0 Å². The number of aliphatic hydroxyl groups excluding tert-OH is 1. The first-order valence-electron chi connectivity index (χ1n) is 4.98. The summed E-state index contributed by atoms with van der Waals surface area (Å²) < 4.78 is 0. The summed E-state index contributed by atoms with van der Waals surface area (Å²) in [5.41, 5.74) is 0. The third-order valence-corrected chi connectivity index (χ3v) is 2.22. The lowest BCUT2D eigenvalue weighted by Gasteiger charge is -2.24. The third-order valence-electron chi connectivity index (χ3n) is 2.22. The molecule has 2 atom stereocenters. The van der Waals surface area contributed by atoms with Gasteiger partial charge in [-0.3, -0.25) is 0 Å². The second-order valence-electron chi connectivity index (χ2n) is 3.89. The number of rotatable bonds is 6. The van der Waals surface area contributed by atoms with Crippen molar-refractivity contribution in [2.75, 3.05) is 6.61 Å². The fourth-order valence-corrected chi connectivity index (χ4v) is 1.34. The van der Waals surface area contributed by atoms with E-state index in [1.807, 2.05) is 0 Å². The molecule has 0 heterocycles. The molecule has 0 bridgehead atoms. The number of hydrogen-bond donors (Lipinski definition) is 2. The number of hydrogen-bond acceptors (Lipinski definition) is 2. The van der Waals surface area contributed by atoms with Crippen LogP contribution in [0.3, 0.4) is 0 Å². The minimum atomic E-state index is 0.242. The highest BCUT2D eigenvalue weighted by Crippen LogP contribution is 2.04. The van der Waals surface area contributed by atoms with Gasteiger partial charge in [-0.25, -0.2) is 0 Å². The van der Waals surface area contributed by atoms with E-state index in [2.05, 4.69) is 33.0 Å². The first-order valence-corrected chi connectivity index (χ1v) is 4.98. The molecule has 0 aliphatic carbocycles. The van der Waals surface area contributed by atoms with Crippen molar-refractivity contribution < 1.29 is 5.11 Å². The van der Waals surface area contributed by atoms with E-state index >= 15 is 0 Å². The highest BCUT2D eigenvalue weighted by atomic mass is 16.3. The van der Waals surface area contributed by atoms with Gasteiger partial charge in [-0.1, -0.05) is 27.2 Å². The molecular formula is C10H23NO. The van der Waals surface area contributed by atoms with E-state index in [0.29, 0.717) is 12.0 Å². The van der Waals surface area contributed by atoms with Crippen LogP contribution >= 0.6 is 0 Å². The van der Waals surface area contributed by atoms with Crippen LogP contribution in [-0.2, 0) is 0 Å². The van der Waals surface area contributed by atoms with Gasteiger partial charge in [0.05, 0.1) is 6.61 Å². The predicted molar refractivity (Wildman–Crippen MR) is 53.2 cm³/mol. The highest BCUT2D eigenvalue weighted by Gasteiger charge is 2.13. The Labute approximate surface area is 76.4 Å². The van der Waals surface area contributed by atoms with Crippen molar-refractivity contribution in [3.63, 3.8) is 0 Å². The normalized spacial score (nSPS) is 16.5. The first-order chi connectivity index (χ1) is 5.61. The van der Waals surface area contributed by atoms with Crippen molar-refractivity contribution in [2.45, 2.75) is 52.6 Å². The van der Waals surface area contributed by atoms with Crippen molar-refractivity contribution in [3.8, 4) is 0 Å². The largest absolute Gasteiger partial charge is 0.395 e. The van der Waals surface area contributed by atoms with Crippen molar-refractivity contribution in [2.24, 2.45) is 5.92 Å². The van der Waals surface area contributed by atoms with E-state index in [1.54, 1.807) is 0 Å². The van der Waals surface area contributed by atoms with Crippen LogP contribution in [0.4, 0.5) is 0 Å². The van der Waals surface area contributed by atoms with Crippen LogP contribution in [0.25, 0.3) is 0 Å². The molecule has 0 aromatic heterocycles. The second kappa shape index (κ2) is 6.44. The lowest BCUT2D eigenvalue weighted by Crippen LogP contribution is -2.42. The van der Waals surface area contributed by atoms with Gasteiger partial charge < -0.3 is 10.4 Å². The average Bonchev–Trinajstić information content (AvgIpc) is 2.00. The van der Waals surface area contributed by atoms with Crippen molar-refractivity contribution in [1.29, 1.82) is 0 Å². The molecule has 12 heavy (non-hydrogen) atoms. The van der Waals surface area contributed by atoms with Gasteiger partial charge >= 0.3 is 0 Å². The Kier molecular flexibility index (Phi) is 6.39. The zero-order chi connectivity index (χ0) is 9.56. The van der Waals surface area contributed by atoms with E-state index in [0.717, 1.165) is 0 Å². The van der Waals surface area contributed by atoms with E-state index in [1.165, 1.54) is 12.8 Å². The Hall–Kier alpha value is -0.0800. The van der Waals surface area contributed by atoms with E-state index in [-0.39, 0.29) is 12.6 Å². The Balaban J connectivity index is 3.69. The molecule has 2 nitrogen and oxygen atoms in total. The van der Waals surface area contributed by atoms with Gasteiger partial charge in [0, 0.05) is 12.1 Å². The first kappa shape index (κ1) is 11.9. The third kappa shape index (κ3) is 4.73. The predicted octanol–water partition coefficient (Wildman–Crippen LogP) is 1.78. The SMILES string of the molecule is CCCC(C)NC(CO)C(C)C. The van der Waals surface area contributed by atoms with Gasteiger partial charge in [0.2, 0.25) is 0 Å². The Morgan fingerprint density at radius 3 is 2.17 bits per heavy atom. The summed E-state index contributed by atoms with van der Waals surface area (Å²) in [4.78, 5) is 0. The molecule has 0 amide bonds. The maximum Gasteiger partial charge on any atom is 0.0587 e. The fraction of sp³-hybridized carbons (Fsp3) is 1.00. The summed E-state index contributed by atoms with van der Waals surface area (Å²) in [6.45, 7) is 8.86. The van der Waals surface area contributed by atoms with Crippen LogP contribution in [0.1, 0.15) is 40.5 Å². The lowest BCUT2D eigenvalue weighted by atomic mass is 10.0. The zero-order valence-corrected chi connectivity index (χ0v) is 8.80. The molecule has 2 heteroatoms. The molecule has 74 valence electrons. The Morgan fingerprint density at radius 2 is 1.83 bits per heavy atom. The molecule has 0 aliphatic rings. The van der Waals surface area contributed by atoms with Crippen molar-refractivity contribution >= 4 is 0 Å². The standard InChI is InChI=1S/C10H23NO/c1-5-6-9(4)11-10(7-12)8(2)3/h8-12H,5-7H2,1-4H3. The van der Waals surface area contributed by atoms with Crippen LogP contribution in [-0.4, -0.2) is 23.8 Å². The van der Waals surface area contributed by atoms with Gasteiger partial charge in [-0.05, 0) is 19.3 Å².